The minimum Gasteiger partial charge on any atom is -0.438 e. The molecule has 3 aromatic rings. The summed E-state index contributed by atoms with van der Waals surface area (Å²) >= 11 is 0. The van der Waals surface area contributed by atoms with Crippen LogP contribution in [-0.2, 0) is 0 Å². The number of aromatic amines is 1. The summed E-state index contributed by atoms with van der Waals surface area (Å²) in [5.74, 6) is 0.253. The summed E-state index contributed by atoms with van der Waals surface area (Å²) in [6, 6.07) is 9.32. The van der Waals surface area contributed by atoms with Gasteiger partial charge in [-0.05, 0) is 12.8 Å². The van der Waals surface area contributed by atoms with Crippen LogP contribution in [0.1, 0.15) is 23.4 Å². The summed E-state index contributed by atoms with van der Waals surface area (Å²) in [7, 11) is 0. The molecule has 1 aliphatic heterocycles. The van der Waals surface area contributed by atoms with Crippen molar-refractivity contribution in [2.24, 2.45) is 0 Å². The van der Waals surface area contributed by atoms with Gasteiger partial charge in [-0.3, -0.25) is 9.59 Å². The second-order valence-corrected chi connectivity index (χ2v) is 6.40. The van der Waals surface area contributed by atoms with Crippen LogP contribution in [0.25, 0.3) is 11.3 Å². The number of carbonyl (C=O) groups excluding carboxylic acids is 1. The van der Waals surface area contributed by atoms with Crippen molar-refractivity contribution in [1.29, 1.82) is 0 Å². The fraction of sp³-hybridized carbons (Fsp3) is 0.263. The SMILES string of the molecule is O=C(NC1CCCN(c2ncc[nH]c2=O)C1)c1ocnc1-c1ccccc1. The van der Waals surface area contributed by atoms with Gasteiger partial charge in [-0.25, -0.2) is 9.97 Å². The highest BCUT2D eigenvalue weighted by Crippen LogP contribution is 2.22. The maximum atomic E-state index is 12.7. The molecule has 0 radical (unpaired) electrons. The number of rotatable bonds is 4. The molecule has 1 saturated heterocycles. The average Bonchev–Trinajstić information content (AvgIpc) is 3.19. The van der Waals surface area contributed by atoms with Crippen molar-refractivity contribution in [2.75, 3.05) is 18.0 Å². The Morgan fingerprint density at radius 3 is 2.93 bits per heavy atom. The first-order valence-corrected chi connectivity index (χ1v) is 8.81. The number of anilines is 1. The molecule has 2 N–H and O–H groups in total. The number of benzene rings is 1. The van der Waals surface area contributed by atoms with E-state index in [4.69, 9.17) is 4.42 Å². The van der Waals surface area contributed by atoms with Gasteiger partial charge in [-0.2, -0.15) is 0 Å². The monoisotopic (exact) mass is 365 g/mol. The van der Waals surface area contributed by atoms with Gasteiger partial charge in [-0.1, -0.05) is 30.3 Å². The molecule has 138 valence electrons. The summed E-state index contributed by atoms with van der Waals surface area (Å²) in [5.41, 5.74) is 1.11. The van der Waals surface area contributed by atoms with E-state index in [1.54, 1.807) is 6.20 Å². The Hall–Kier alpha value is -3.42. The number of amides is 1. The molecule has 1 atom stereocenters. The molecule has 0 spiro atoms. The minimum absolute atomic E-state index is 0.110. The summed E-state index contributed by atoms with van der Waals surface area (Å²) in [5, 5.41) is 3.00. The van der Waals surface area contributed by atoms with Crippen LogP contribution >= 0.6 is 0 Å². The van der Waals surface area contributed by atoms with Gasteiger partial charge in [0.25, 0.3) is 11.5 Å². The molecule has 0 aliphatic carbocycles. The van der Waals surface area contributed by atoms with Crippen LogP contribution in [0.5, 0.6) is 0 Å². The molecule has 1 fully saturated rings. The van der Waals surface area contributed by atoms with E-state index in [0.29, 0.717) is 18.1 Å². The normalized spacial score (nSPS) is 16.9. The van der Waals surface area contributed by atoms with Gasteiger partial charge >= 0.3 is 0 Å². The minimum atomic E-state index is -0.312. The Morgan fingerprint density at radius 1 is 1.26 bits per heavy atom. The van der Waals surface area contributed by atoms with E-state index in [2.05, 4.69) is 20.3 Å². The predicted octanol–water partition coefficient (Wildman–Crippen LogP) is 1.82. The smallest absolute Gasteiger partial charge is 0.290 e. The third kappa shape index (κ3) is 3.59. The lowest BCUT2D eigenvalue weighted by molar-refractivity contribution is 0.0906. The number of H-pyrrole nitrogens is 1. The van der Waals surface area contributed by atoms with E-state index in [9.17, 15) is 9.59 Å². The number of hydrogen-bond acceptors (Lipinski definition) is 6. The fourth-order valence-corrected chi connectivity index (χ4v) is 3.32. The van der Waals surface area contributed by atoms with Crippen molar-refractivity contribution >= 4 is 11.7 Å². The van der Waals surface area contributed by atoms with Crippen molar-refractivity contribution in [2.45, 2.75) is 18.9 Å². The van der Waals surface area contributed by atoms with Gasteiger partial charge in [0.15, 0.2) is 12.2 Å². The van der Waals surface area contributed by atoms with Crippen LogP contribution in [0.4, 0.5) is 5.82 Å². The third-order valence-corrected chi connectivity index (χ3v) is 4.57. The third-order valence-electron chi connectivity index (χ3n) is 4.57. The average molecular weight is 365 g/mol. The van der Waals surface area contributed by atoms with Crippen LogP contribution < -0.4 is 15.8 Å². The van der Waals surface area contributed by atoms with Gasteiger partial charge in [-0.15, -0.1) is 0 Å². The topological polar surface area (TPSA) is 104 Å². The van der Waals surface area contributed by atoms with Crippen LogP contribution in [0, 0.1) is 0 Å². The highest BCUT2D eigenvalue weighted by atomic mass is 16.3. The summed E-state index contributed by atoms with van der Waals surface area (Å²) in [6.07, 6.45) is 6.01. The molecule has 0 saturated carbocycles. The molecule has 3 heterocycles. The Bertz CT molecular complexity index is 982. The standard InChI is InChI=1S/C19H19N5O3/c25-18(16-15(22-12-27-16)13-5-2-1-3-6-13)23-14-7-4-10-24(11-14)17-19(26)21-9-8-20-17/h1-3,5-6,8-9,12,14H,4,7,10-11H2,(H,21,26)(H,23,25). The Balaban J connectivity index is 1.48. The van der Waals surface area contributed by atoms with Crippen molar-refractivity contribution in [3.63, 3.8) is 0 Å². The highest BCUT2D eigenvalue weighted by molar-refractivity contribution is 5.97. The van der Waals surface area contributed by atoms with Crippen molar-refractivity contribution in [1.82, 2.24) is 20.3 Å². The lowest BCUT2D eigenvalue weighted by Gasteiger charge is -2.33. The number of aromatic nitrogens is 3. The summed E-state index contributed by atoms with van der Waals surface area (Å²) in [6.45, 7) is 1.24. The lowest BCUT2D eigenvalue weighted by Crippen LogP contribution is -2.49. The van der Waals surface area contributed by atoms with E-state index in [1.807, 2.05) is 35.2 Å². The van der Waals surface area contributed by atoms with Crippen LogP contribution in [0.3, 0.4) is 0 Å². The first-order chi connectivity index (χ1) is 13.2. The van der Waals surface area contributed by atoms with E-state index in [1.165, 1.54) is 12.6 Å². The molecule has 1 aliphatic rings. The summed E-state index contributed by atoms with van der Waals surface area (Å²) < 4.78 is 5.35. The Kier molecular flexibility index (Phi) is 4.69. The maximum Gasteiger partial charge on any atom is 0.290 e. The number of nitrogens with one attached hydrogen (secondary N) is 2. The van der Waals surface area contributed by atoms with Gasteiger partial charge in [0.2, 0.25) is 5.76 Å². The molecule has 8 heteroatoms. The first kappa shape index (κ1) is 17.0. The van der Waals surface area contributed by atoms with Crippen molar-refractivity contribution in [3.8, 4) is 11.3 Å². The Labute approximate surface area is 155 Å². The fourth-order valence-electron chi connectivity index (χ4n) is 3.32. The number of nitrogens with zero attached hydrogens (tertiary/aromatic N) is 3. The highest BCUT2D eigenvalue weighted by Gasteiger charge is 2.26. The van der Waals surface area contributed by atoms with Gasteiger partial charge < -0.3 is 19.6 Å². The molecule has 2 aromatic heterocycles. The van der Waals surface area contributed by atoms with E-state index < -0.39 is 0 Å². The maximum absolute atomic E-state index is 12.7. The number of oxazole rings is 1. The quantitative estimate of drug-likeness (QED) is 0.731. The van der Waals surface area contributed by atoms with Crippen molar-refractivity contribution in [3.05, 3.63) is 65.2 Å². The molecule has 27 heavy (non-hydrogen) atoms. The zero-order chi connectivity index (χ0) is 18.6. The molecule has 1 aromatic carbocycles. The Morgan fingerprint density at radius 2 is 2.11 bits per heavy atom. The molecule has 1 amide bonds. The lowest BCUT2D eigenvalue weighted by atomic mass is 10.1. The summed E-state index contributed by atoms with van der Waals surface area (Å²) in [4.78, 5) is 37.6. The van der Waals surface area contributed by atoms with Crippen LogP contribution in [0.2, 0.25) is 0 Å². The van der Waals surface area contributed by atoms with Crippen LogP contribution in [0.15, 0.2) is 58.3 Å². The molecular formula is C19H19N5O3. The number of carbonyl (C=O) groups is 1. The first-order valence-electron chi connectivity index (χ1n) is 8.81. The second-order valence-electron chi connectivity index (χ2n) is 6.40. The van der Waals surface area contributed by atoms with Crippen LogP contribution in [-0.4, -0.2) is 40.0 Å². The zero-order valence-electron chi connectivity index (χ0n) is 14.6. The van der Waals surface area contributed by atoms with Crippen molar-refractivity contribution < 1.29 is 9.21 Å². The van der Waals surface area contributed by atoms with E-state index in [-0.39, 0.29) is 23.3 Å². The number of hydrogen-bond donors (Lipinski definition) is 2. The molecule has 4 rings (SSSR count). The molecule has 8 nitrogen and oxygen atoms in total. The number of piperidine rings is 1. The van der Waals surface area contributed by atoms with E-state index >= 15 is 0 Å². The largest absolute Gasteiger partial charge is 0.438 e. The van der Waals surface area contributed by atoms with Gasteiger partial charge in [0.1, 0.15) is 5.69 Å². The predicted molar refractivity (Wildman–Crippen MR) is 99.5 cm³/mol. The van der Waals surface area contributed by atoms with Gasteiger partial charge in [0, 0.05) is 37.1 Å². The molecule has 0 bridgehead atoms. The second kappa shape index (κ2) is 7.45. The molecule has 1 unspecified atom stereocenters. The zero-order valence-corrected chi connectivity index (χ0v) is 14.6. The van der Waals surface area contributed by atoms with Gasteiger partial charge in [0.05, 0.1) is 0 Å². The van der Waals surface area contributed by atoms with E-state index in [0.717, 1.165) is 24.9 Å². The molecular weight excluding hydrogens is 346 g/mol.